The van der Waals surface area contributed by atoms with Gasteiger partial charge in [-0.15, -0.1) is 0 Å². The quantitative estimate of drug-likeness (QED) is 0.707. The molecular formula is C9H12FNO. The molecule has 0 aliphatic carbocycles. The Kier molecular flexibility index (Phi) is 2.65. The third-order valence-electron chi connectivity index (χ3n) is 1.89. The van der Waals surface area contributed by atoms with Gasteiger partial charge in [0.1, 0.15) is 11.6 Å². The van der Waals surface area contributed by atoms with Crippen molar-refractivity contribution in [2.24, 2.45) is 0 Å². The molecule has 0 fully saturated rings. The number of halogens is 1. The van der Waals surface area contributed by atoms with E-state index in [-0.39, 0.29) is 11.8 Å². The zero-order valence-electron chi connectivity index (χ0n) is 7.13. The highest BCUT2D eigenvalue weighted by Gasteiger charge is 2.07. The second-order valence-corrected chi connectivity index (χ2v) is 2.71. The molecule has 0 radical (unpaired) electrons. The number of nitrogens with one attached hydrogen (secondary N) is 1. The van der Waals surface area contributed by atoms with Crippen molar-refractivity contribution in [3.8, 4) is 5.75 Å². The highest BCUT2D eigenvalue weighted by molar-refractivity contribution is 5.34. The Hall–Kier alpha value is -1.09. The van der Waals surface area contributed by atoms with Crippen molar-refractivity contribution in [2.45, 2.75) is 13.0 Å². The maximum absolute atomic E-state index is 12.5. The lowest BCUT2D eigenvalue weighted by Crippen LogP contribution is -2.12. The first-order valence-corrected chi connectivity index (χ1v) is 3.81. The minimum Gasteiger partial charge on any atom is -0.508 e. The minimum atomic E-state index is -0.417. The molecule has 0 saturated carbocycles. The largest absolute Gasteiger partial charge is 0.508 e. The average molecular weight is 169 g/mol. The van der Waals surface area contributed by atoms with E-state index in [1.54, 1.807) is 13.1 Å². The van der Waals surface area contributed by atoms with E-state index in [2.05, 4.69) is 5.32 Å². The molecule has 0 bridgehead atoms. The van der Waals surface area contributed by atoms with Gasteiger partial charge < -0.3 is 10.4 Å². The molecule has 0 amide bonds. The normalized spacial score (nSPS) is 12.9. The number of aromatic hydroxyl groups is 1. The molecule has 1 aromatic rings. The van der Waals surface area contributed by atoms with Gasteiger partial charge in [0.25, 0.3) is 0 Å². The molecule has 0 aliphatic rings. The summed E-state index contributed by atoms with van der Waals surface area (Å²) in [6, 6.07) is 4.06. The number of hydrogen-bond acceptors (Lipinski definition) is 2. The summed E-state index contributed by atoms with van der Waals surface area (Å²) in [7, 11) is 1.79. The van der Waals surface area contributed by atoms with Crippen LogP contribution in [-0.4, -0.2) is 12.2 Å². The van der Waals surface area contributed by atoms with Crippen LogP contribution in [-0.2, 0) is 0 Å². The fourth-order valence-corrected chi connectivity index (χ4v) is 1.04. The first kappa shape index (κ1) is 9.00. The van der Waals surface area contributed by atoms with Crippen LogP contribution in [0.3, 0.4) is 0 Å². The predicted molar refractivity (Wildman–Crippen MR) is 45.5 cm³/mol. The van der Waals surface area contributed by atoms with Gasteiger partial charge >= 0.3 is 0 Å². The van der Waals surface area contributed by atoms with Crippen LogP contribution >= 0.6 is 0 Å². The molecule has 3 heteroatoms. The molecule has 0 saturated heterocycles. The number of rotatable bonds is 2. The van der Waals surface area contributed by atoms with Crippen LogP contribution in [0.2, 0.25) is 0 Å². The van der Waals surface area contributed by atoms with Gasteiger partial charge in [0, 0.05) is 17.7 Å². The first-order chi connectivity index (χ1) is 5.65. The molecular weight excluding hydrogens is 157 g/mol. The molecule has 12 heavy (non-hydrogen) atoms. The van der Waals surface area contributed by atoms with E-state index in [0.717, 1.165) is 6.07 Å². The third-order valence-corrected chi connectivity index (χ3v) is 1.89. The molecule has 1 rings (SSSR count). The van der Waals surface area contributed by atoms with Crippen LogP contribution in [0.4, 0.5) is 4.39 Å². The van der Waals surface area contributed by atoms with Crippen molar-refractivity contribution in [1.82, 2.24) is 5.32 Å². The van der Waals surface area contributed by atoms with E-state index in [9.17, 15) is 9.50 Å². The molecule has 0 aromatic heterocycles. The summed E-state index contributed by atoms with van der Waals surface area (Å²) in [5, 5.41) is 12.3. The monoisotopic (exact) mass is 169 g/mol. The summed E-state index contributed by atoms with van der Waals surface area (Å²) in [5.41, 5.74) is 0.707. The van der Waals surface area contributed by atoms with Crippen molar-refractivity contribution < 1.29 is 9.50 Å². The van der Waals surface area contributed by atoms with Gasteiger partial charge in [-0.3, -0.25) is 0 Å². The highest BCUT2D eigenvalue weighted by Crippen LogP contribution is 2.23. The summed E-state index contributed by atoms with van der Waals surface area (Å²) in [4.78, 5) is 0. The lowest BCUT2D eigenvalue weighted by Gasteiger charge is -2.11. The molecule has 0 spiro atoms. The fourth-order valence-electron chi connectivity index (χ4n) is 1.04. The Morgan fingerprint density at radius 2 is 2.17 bits per heavy atom. The van der Waals surface area contributed by atoms with Crippen LogP contribution in [0.15, 0.2) is 18.2 Å². The Morgan fingerprint density at radius 1 is 1.50 bits per heavy atom. The van der Waals surface area contributed by atoms with E-state index in [4.69, 9.17) is 0 Å². The van der Waals surface area contributed by atoms with E-state index in [1.165, 1.54) is 6.07 Å². The zero-order chi connectivity index (χ0) is 9.14. The van der Waals surface area contributed by atoms with Crippen molar-refractivity contribution in [1.29, 1.82) is 0 Å². The van der Waals surface area contributed by atoms with Gasteiger partial charge in [-0.2, -0.15) is 0 Å². The number of phenolic OH excluding ortho intramolecular Hbond substituents is 1. The van der Waals surface area contributed by atoms with Gasteiger partial charge in [0.05, 0.1) is 0 Å². The van der Waals surface area contributed by atoms with Crippen molar-refractivity contribution in [2.75, 3.05) is 7.05 Å². The highest BCUT2D eigenvalue weighted by atomic mass is 19.1. The Morgan fingerprint density at radius 3 is 2.67 bits per heavy atom. The summed E-state index contributed by atoms with van der Waals surface area (Å²) in [6.07, 6.45) is 0. The number of phenols is 1. The van der Waals surface area contributed by atoms with Crippen LogP contribution in [0.1, 0.15) is 18.5 Å². The van der Waals surface area contributed by atoms with Crippen molar-refractivity contribution in [3.05, 3.63) is 29.6 Å². The predicted octanol–water partition coefficient (Wildman–Crippen LogP) is 1.81. The molecule has 1 atom stereocenters. The number of benzene rings is 1. The summed E-state index contributed by atoms with van der Waals surface area (Å²) >= 11 is 0. The second kappa shape index (κ2) is 3.54. The molecule has 2 N–H and O–H groups in total. The smallest absolute Gasteiger partial charge is 0.126 e. The number of hydrogen-bond donors (Lipinski definition) is 2. The second-order valence-electron chi connectivity index (χ2n) is 2.71. The van der Waals surface area contributed by atoms with E-state index >= 15 is 0 Å². The Labute approximate surface area is 71.0 Å². The van der Waals surface area contributed by atoms with Gasteiger partial charge in [-0.05, 0) is 20.0 Å². The maximum atomic E-state index is 12.5. The molecule has 2 nitrogen and oxygen atoms in total. The summed E-state index contributed by atoms with van der Waals surface area (Å²) in [5.74, 6) is -0.420. The fraction of sp³-hybridized carbons (Fsp3) is 0.333. The zero-order valence-corrected chi connectivity index (χ0v) is 7.13. The van der Waals surface area contributed by atoms with Gasteiger partial charge in [0.2, 0.25) is 0 Å². The van der Waals surface area contributed by atoms with Crippen LogP contribution < -0.4 is 5.32 Å². The standard InChI is InChI=1S/C9H12FNO/c1-6(11-2)8-4-3-7(10)5-9(8)12/h3-6,11-12H,1-2H3. The van der Waals surface area contributed by atoms with E-state index in [1.807, 2.05) is 6.92 Å². The first-order valence-electron chi connectivity index (χ1n) is 3.81. The van der Waals surface area contributed by atoms with Crippen LogP contribution in [0.5, 0.6) is 5.75 Å². The topological polar surface area (TPSA) is 32.3 Å². The molecule has 1 unspecified atom stereocenters. The van der Waals surface area contributed by atoms with E-state index < -0.39 is 5.82 Å². The third kappa shape index (κ3) is 1.74. The lowest BCUT2D eigenvalue weighted by atomic mass is 10.1. The van der Waals surface area contributed by atoms with Gasteiger partial charge in [-0.1, -0.05) is 6.07 Å². The molecule has 0 heterocycles. The van der Waals surface area contributed by atoms with Crippen molar-refractivity contribution in [3.63, 3.8) is 0 Å². The average Bonchev–Trinajstić information content (AvgIpc) is 2.03. The summed E-state index contributed by atoms with van der Waals surface area (Å²) < 4.78 is 12.5. The molecule has 66 valence electrons. The molecule has 0 aliphatic heterocycles. The van der Waals surface area contributed by atoms with Crippen LogP contribution in [0.25, 0.3) is 0 Å². The Bertz CT molecular complexity index is 275. The lowest BCUT2D eigenvalue weighted by molar-refractivity contribution is 0.452. The minimum absolute atomic E-state index is 0.00292. The van der Waals surface area contributed by atoms with Gasteiger partial charge in [-0.25, -0.2) is 4.39 Å². The maximum Gasteiger partial charge on any atom is 0.126 e. The van der Waals surface area contributed by atoms with E-state index in [0.29, 0.717) is 5.56 Å². The molecule has 1 aromatic carbocycles. The SMILES string of the molecule is CNC(C)c1ccc(F)cc1O. The van der Waals surface area contributed by atoms with Crippen LogP contribution in [0, 0.1) is 5.82 Å². The van der Waals surface area contributed by atoms with Gasteiger partial charge in [0.15, 0.2) is 0 Å². The summed E-state index contributed by atoms with van der Waals surface area (Å²) in [6.45, 7) is 1.90. The van der Waals surface area contributed by atoms with Crippen molar-refractivity contribution >= 4 is 0 Å². The Balaban J connectivity index is 3.01.